The molecule has 1 unspecified atom stereocenters. The maximum atomic E-state index is 12.4. The summed E-state index contributed by atoms with van der Waals surface area (Å²) in [6, 6.07) is 3.66. The first-order chi connectivity index (χ1) is 12.0. The quantitative estimate of drug-likeness (QED) is 0.644. The number of hydrogen-bond acceptors (Lipinski definition) is 5. The van der Waals surface area contributed by atoms with E-state index in [2.05, 4.69) is 10.6 Å². The number of benzene rings is 1. The lowest BCUT2D eigenvalue weighted by atomic mass is 10.1. The molecular weight excluding hydrogens is 340 g/mol. The maximum absolute atomic E-state index is 12.4. The predicted molar refractivity (Wildman–Crippen MR) is 95.6 cm³/mol. The first-order valence-corrected chi connectivity index (χ1v) is 8.27. The van der Waals surface area contributed by atoms with Crippen LogP contribution in [0, 0.1) is 0 Å². The molecule has 0 aliphatic carbocycles. The molecule has 0 radical (unpaired) electrons. The topological polar surface area (TPSA) is 114 Å². The lowest BCUT2D eigenvalue weighted by molar-refractivity contribution is -0.139. The van der Waals surface area contributed by atoms with Crippen LogP contribution in [0.15, 0.2) is 18.2 Å². The van der Waals surface area contributed by atoms with Crippen molar-refractivity contribution in [1.82, 2.24) is 10.6 Å². The van der Waals surface area contributed by atoms with Crippen molar-refractivity contribution in [3.05, 3.63) is 23.8 Å². The molecule has 8 heteroatoms. The van der Waals surface area contributed by atoms with E-state index in [0.717, 1.165) is 0 Å². The van der Waals surface area contributed by atoms with Gasteiger partial charge in [-0.1, -0.05) is 0 Å². The van der Waals surface area contributed by atoms with E-state index in [0.29, 0.717) is 6.61 Å². The fourth-order valence-corrected chi connectivity index (χ4v) is 2.00. The molecule has 3 N–H and O–H groups in total. The van der Waals surface area contributed by atoms with Crippen LogP contribution in [0.3, 0.4) is 0 Å². The maximum Gasteiger partial charge on any atom is 0.341 e. The Labute approximate surface area is 152 Å². The van der Waals surface area contributed by atoms with Crippen molar-refractivity contribution in [2.75, 3.05) is 13.2 Å². The molecule has 0 heterocycles. The molecule has 1 aromatic carbocycles. The third-order valence-electron chi connectivity index (χ3n) is 3.10. The van der Waals surface area contributed by atoms with Gasteiger partial charge in [0.15, 0.2) is 18.1 Å². The van der Waals surface area contributed by atoms with Crippen molar-refractivity contribution < 1.29 is 29.0 Å². The van der Waals surface area contributed by atoms with Crippen LogP contribution in [-0.4, -0.2) is 47.7 Å². The van der Waals surface area contributed by atoms with Gasteiger partial charge in [0.25, 0.3) is 5.91 Å². The fraction of sp³-hybridized carbons (Fsp3) is 0.500. The summed E-state index contributed by atoms with van der Waals surface area (Å²) in [5, 5.41) is 14.1. The molecule has 1 atom stereocenters. The summed E-state index contributed by atoms with van der Waals surface area (Å²) in [6.07, 6.45) is 0. The SMILES string of the molecule is CCOc1cc(C(=O)NC(C)C(=O)NC(C)(C)C)ccc1OCC(=O)O. The Bertz CT molecular complexity index is 666. The number of amides is 2. The van der Waals surface area contributed by atoms with Crippen LogP contribution in [0.5, 0.6) is 11.5 Å². The second kappa shape index (κ2) is 9.07. The van der Waals surface area contributed by atoms with Gasteiger partial charge in [0.1, 0.15) is 6.04 Å². The number of carboxylic acids is 1. The first kappa shape index (κ1) is 21.3. The van der Waals surface area contributed by atoms with Crippen LogP contribution in [0.4, 0.5) is 0 Å². The number of carbonyl (C=O) groups excluding carboxylic acids is 2. The highest BCUT2D eigenvalue weighted by Gasteiger charge is 2.21. The molecule has 0 aliphatic rings. The van der Waals surface area contributed by atoms with E-state index in [1.165, 1.54) is 18.2 Å². The molecular formula is C18H26N2O6. The number of ether oxygens (including phenoxy) is 2. The molecule has 0 bridgehead atoms. The lowest BCUT2D eigenvalue weighted by Gasteiger charge is -2.23. The van der Waals surface area contributed by atoms with E-state index in [1.54, 1.807) is 13.8 Å². The van der Waals surface area contributed by atoms with Crippen molar-refractivity contribution in [2.45, 2.75) is 46.2 Å². The number of aliphatic carboxylic acids is 1. The van der Waals surface area contributed by atoms with Crippen LogP contribution in [0.2, 0.25) is 0 Å². The van der Waals surface area contributed by atoms with Crippen LogP contribution in [0.25, 0.3) is 0 Å². The van der Waals surface area contributed by atoms with E-state index in [4.69, 9.17) is 14.6 Å². The summed E-state index contributed by atoms with van der Waals surface area (Å²) in [4.78, 5) is 35.1. The van der Waals surface area contributed by atoms with Gasteiger partial charge >= 0.3 is 5.97 Å². The van der Waals surface area contributed by atoms with Gasteiger partial charge in [0.2, 0.25) is 5.91 Å². The summed E-state index contributed by atoms with van der Waals surface area (Å²) in [7, 11) is 0. The monoisotopic (exact) mass is 366 g/mol. The highest BCUT2D eigenvalue weighted by atomic mass is 16.5. The largest absolute Gasteiger partial charge is 0.490 e. The smallest absolute Gasteiger partial charge is 0.341 e. The molecule has 0 spiro atoms. The molecule has 0 fully saturated rings. The zero-order chi connectivity index (χ0) is 19.9. The summed E-state index contributed by atoms with van der Waals surface area (Å²) in [6.45, 7) is 8.70. The van der Waals surface area contributed by atoms with Gasteiger partial charge in [-0.05, 0) is 52.8 Å². The Hall–Kier alpha value is -2.77. The molecule has 144 valence electrons. The zero-order valence-corrected chi connectivity index (χ0v) is 15.7. The van der Waals surface area contributed by atoms with Crippen LogP contribution < -0.4 is 20.1 Å². The minimum absolute atomic E-state index is 0.226. The highest BCUT2D eigenvalue weighted by molar-refractivity contribution is 5.98. The summed E-state index contributed by atoms with van der Waals surface area (Å²) in [5.74, 6) is -1.38. The molecule has 26 heavy (non-hydrogen) atoms. The lowest BCUT2D eigenvalue weighted by Crippen LogP contribution is -2.50. The average molecular weight is 366 g/mol. The summed E-state index contributed by atoms with van der Waals surface area (Å²) < 4.78 is 10.5. The average Bonchev–Trinajstić information content (AvgIpc) is 2.52. The van der Waals surface area contributed by atoms with Gasteiger partial charge in [-0.2, -0.15) is 0 Å². The van der Waals surface area contributed by atoms with Crippen molar-refractivity contribution in [2.24, 2.45) is 0 Å². The Morgan fingerprint density at radius 1 is 1.15 bits per heavy atom. The number of carbonyl (C=O) groups is 3. The first-order valence-electron chi connectivity index (χ1n) is 8.27. The van der Waals surface area contributed by atoms with Gasteiger partial charge in [0, 0.05) is 11.1 Å². The van der Waals surface area contributed by atoms with Gasteiger partial charge < -0.3 is 25.2 Å². The second-order valence-corrected chi connectivity index (χ2v) is 6.71. The molecule has 0 aliphatic heterocycles. The Kier molecular flexibility index (Phi) is 7.42. The van der Waals surface area contributed by atoms with E-state index in [-0.39, 0.29) is 23.0 Å². The van der Waals surface area contributed by atoms with E-state index in [9.17, 15) is 14.4 Å². The molecule has 0 aromatic heterocycles. The summed E-state index contributed by atoms with van der Waals surface area (Å²) in [5.41, 5.74) is -0.132. The number of hydrogen-bond donors (Lipinski definition) is 3. The Balaban J connectivity index is 2.86. The van der Waals surface area contributed by atoms with E-state index in [1.807, 2.05) is 20.8 Å². The molecule has 0 saturated heterocycles. The summed E-state index contributed by atoms with van der Waals surface area (Å²) >= 11 is 0. The normalized spacial score (nSPS) is 12.0. The highest BCUT2D eigenvalue weighted by Crippen LogP contribution is 2.28. The molecule has 0 saturated carbocycles. The van der Waals surface area contributed by atoms with Crippen molar-refractivity contribution in [3.63, 3.8) is 0 Å². The third-order valence-corrected chi connectivity index (χ3v) is 3.10. The zero-order valence-electron chi connectivity index (χ0n) is 15.7. The van der Waals surface area contributed by atoms with Crippen molar-refractivity contribution in [3.8, 4) is 11.5 Å². The fourth-order valence-electron chi connectivity index (χ4n) is 2.00. The number of rotatable bonds is 8. The standard InChI is InChI=1S/C18H26N2O6/c1-6-25-14-9-12(7-8-13(14)26-10-15(21)22)17(24)19-11(2)16(23)20-18(3,4)5/h7-9,11H,6,10H2,1-5H3,(H,19,24)(H,20,23)(H,21,22). The van der Waals surface area contributed by atoms with Crippen molar-refractivity contribution >= 4 is 17.8 Å². The van der Waals surface area contributed by atoms with Crippen LogP contribution in [-0.2, 0) is 9.59 Å². The molecule has 8 nitrogen and oxygen atoms in total. The predicted octanol–water partition coefficient (Wildman–Crippen LogP) is 1.58. The van der Waals surface area contributed by atoms with E-state index < -0.39 is 30.1 Å². The van der Waals surface area contributed by atoms with Gasteiger partial charge in [-0.25, -0.2) is 4.79 Å². The molecule has 1 rings (SSSR count). The van der Waals surface area contributed by atoms with Crippen LogP contribution >= 0.6 is 0 Å². The van der Waals surface area contributed by atoms with Crippen LogP contribution in [0.1, 0.15) is 45.0 Å². The Morgan fingerprint density at radius 3 is 2.35 bits per heavy atom. The number of nitrogens with one attached hydrogen (secondary N) is 2. The van der Waals surface area contributed by atoms with E-state index >= 15 is 0 Å². The third kappa shape index (κ3) is 7.00. The van der Waals surface area contributed by atoms with Crippen molar-refractivity contribution in [1.29, 1.82) is 0 Å². The van der Waals surface area contributed by atoms with Gasteiger partial charge in [-0.3, -0.25) is 9.59 Å². The minimum atomic E-state index is -1.12. The van der Waals surface area contributed by atoms with Gasteiger partial charge in [0.05, 0.1) is 6.61 Å². The Morgan fingerprint density at radius 2 is 1.81 bits per heavy atom. The van der Waals surface area contributed by atoms with Gasteiger partial charge in [-0.15, -0.1) is 0 Å². The minimum Gasteiger partial charge on any atom is -0.490 e. The molecule has 1 aromatic rings. The second-order valence-electron chi connectivity index (χ2n) is 6.71. The molecule has 2 amide bonds. The number of carboxylic acid groups (broad SMARTS) is 1.